The van der Waals surface area contributed by atoms with E-state index in [4.69, 9.17) is 4.74 Å². The van der Waals surface area contributed by atoms with Crippen molar-refractivity contribution in [2.24, 2.45) is 11.8 Å². The number of amides is 3. The van der Waals surface area contributed by atoms with E-state index in [9.17, 15) is 22.8 Å². The van der Waals surface area contributed by atoms with Gasteiger partial charge in [0.2, 0.25) is 21.8 Å². The minimum absolute atomic E-state index is 0.0220. The van der Waals surface area contributed by atoms with Gasteiger partial charge in [0.05, 0.1) is 11.0 Å². The fraction of sp³-hybridized carbons (Fsp3) is 0.593. The third kappa shape index (κ3) is 5.50. The van der Waals surface area contributed by atoms with E-state index in [-0.39, 0.29) is 47.1 Å². The highest BCUT2D eigenvalue weighted by molar-refractivity contribution is 7.89. The van der Waals surface area contributed by atoms with Crippen LogP contribution in [0.15, 0.2) is 41.8 Å². The van der Waals surface area contributed by atoms with Crippen LogP contribution in [-0.4, -0.2) is 91.8 Å². The van der Waals surface area contributed by atoms with Gasteiger partial charge in [0.1, 0.15) is 6.23 Å². The molecule has 1 aromatic rings. The summed E-state index contributed by atoms with van der Waals surface area (Å²) in [5.41, 5.74) is 0.437. The standard InChI is InChI=1S/C27H36N4O6S/c1-2-24(32)28-25-17-21-11-16-31(18-23(21)37-25)38(35,36)22-7-5-19(6-8-22)26(33)30-14-9-20(10-15-30)27(34)29-12-3-4-13-29/h2,5-8,20-21,23,25H,1,3-4,9-18H2,(H,28,32). The summed E-state index contributed by atoms with van der Waals surface area (Å²) in [6.07, 6.45) is 5.22. The molecule has 3 amide bonds. The van der Waals surface area contributed by atoms with Crippen LogP contribution >= 0.6 is 0 Å². The largest absolute Gasteiger partial charge is 0.354 e. The maximum absolute atomic E-state index is 13.3. The maximum atomic E-state index is 13.3. The Morgan fingerprint density at radius 2 is 1.63 bits per heavy atom. The van der Waals surface area contributed by atoms with E-state index in [0.717, 1.165) is 25.9 Å². The van der Waals surface area contributed by atoms with Crippen molar-refractivity contribution < 1.29 is 27.5 Å². The summed E-state index contributed by atoms with van der Waals surface area (Å²) in [4.78, 5) is 41.2. The molecule has 4 aliphatic rings. The van der Waals surface area contributed by atoms with E-state index >= 15 is 0 Å². The number of carbonyl (C=O) groups excluding carboxylic acids is 3. The van der Waals surface area contributed by atoms with Gasteiger partial charge >= 0.3 is 0 Å². The molecule has 206 valence electrons. The Hall–Kier alpha value is -2.76. The third-order valence-corrected chi connectivity index (χ3v) is 10.2. The second-order valence-corrected chi connectivity index (χ2v) is 12.6. The van der Waals surface area contributed by atoms with Gasteiger partial charge in [-0.1, -0.05) is 6.58 Å². The van der Waals surface area contributed by atoms with Gasteiger partial charge in [-0.3, -0.25) is 14.4 Å². The molecular formula is C27H36N4O6S. The molecule has 4 aliphatic heterocycles. The summed E-state index contributed by atoms with van der Waals surface area (Å²) in [5, 5.41) is 2.73. The van der Waals surface area contributed by atoms with Crippen molar-refractivity contribution in [3.63, 3.8) is 0 Å². The molecule has 0 spiro atoms. The van der Waals surface area contributed by atoms with Crippen molar-refractivity contribution in [3.05, 3.63) is 42.5 Å². The van der Waals surface area contributed by atoms with Crippen LogP contribution in [0.3, 0.4) is 0 Å². The SMILES string of the molecule is C=CC(=O)NC1CC2CCN(S(=O)(=O)c3ccc(C(=O)N4CCC(C(=O)N5CCCC5)CC4)cc3)CC2O1. The molecule has 0 bridgehead atoms. The topological polar surface area (TPSA) is 116 Å². The van der Waals surface area contributed by atoms with Crippen molar-refractivity contribution in [1.29, 1.82) is 0 Å². The molecule has 4 saturated heterocycles. The number of nitrogens with one attached hydrogen (secondary N) is 1. The van der Waals surface area contributed by atoms with Gasteiger partial charge in [-0.05, 0) is 74.8 Å². The number of piperidine rings is 2. The van der Waals surface area contributed by atoms with E-state index in [1.54, 1.807) is 17.0 Å². The summed E-state index contributed by atoms with van der Waals surface area (Å²) in [7, 11) is -3.76. The van der Waals surface area contributed by atoms with Crippen LogP contribution in [0.2, 0.25) is 0 Å². The van der Waals surface area contributed by atoms with Gasteiger partial charge in [0.15, 0.2) is 0 Å². The Kier molecular flexibility index (Phi) is 7.88. The summed E-state index contributed by atoms with van der Waals surface area (Å²) < 4.78 is 34.0. The van der Waals surface area contributed by atoms with Crippen molar-refractivity contribution in [3.8, 4) is 0 Å². The lowest BCUT2D eigenvalue weighted by molar-refractivity contribution is -0.135. The Balaban J connectivity index is 1.16. The lowest BCUT2D eigenvalue weighted by Crippen LogP contribution is -2.45. The van der Waals surface area contributed by atoms with Crippen LogP contribution in [0.25, 0.3) is 0 Å². The lowest BCUT2D eigenvalue weighted by atomic mass is 9.94. The van der Waals surface area contributed by atoms with Crippen molar-refractivity contribution in [2.75, 3.05) is 39.3 Å². The molecule has 0 aliphatic carbocycles. The zero-order chi connectivity index (χ0) is 26.9. The maximum Gasteiger partial charge on any atom is 0.253 e. The van der Waals surface area contributed by atoms with Crippen LogP contribution < -0.4 is 5.32 Å². The number of nitrogens with zero attached hydrogens (tertiary/aromatic N) is 3. The van der Waals surface area contributed by atoms with E-state index in [0.29, 0.717) is 50.9 Å². The third-order valence-electron chi connectivity index (χ3n) is 8.29. The molecule has 10 nitrogen and oxygen atoms in total. The normalized spacial score (nSPS) is 26.7. The highest BCUT2D eigenvalue weighted by atomic mass is 32.2. The van der Waals surface area contributed by atoms with Gasteiger partial charge in [0, 0.05) is 50.7 Å². The van der Waals surface area contributed by atoms with Crippen LogP contribution in [-0.2, 0) is 24.3 Å². The van der Waals surface area contributed by atoms with E-state index < -0.39 is 16.3 Å². The van der Waals surface area contributed by atoms with Crippen LogP contribution in [0.1, 0.15) is 48.9 Å². The average Bonchev–Trinajstić information content (AvgIpc) is 3.62. The van der Waals surface area contributed by atoms with Crippen LogP contribution in [0, 0.1) is 11.8 Å². The predicted octanol–water partition coefficient (Wildman–Crippen LogP) is 1.59. The minimum atomic E-state index is -3.76. The molecule has 3 unspecified atom stereocenters. The second-order valence-electron chi connectivity index (χ2n) is 10.6. The molecule has 1 aromatic carbocycles. The molecule has 11 heteroatoms. The number of sulfonamides is 1. The van der Waals surface area contributed by atoms with E-state index in [2.05, 4.69) is 11.9 Å². The zero-order valence-electron chi connectivity index (χ0n) is 21.6. The molecule has 1 N–H and O–H groups in total. The summed E-state index contributed by atoms with van der Waals surface area (Å²) in [6, 6.07) is 6.11. The highest BCUT2D eigenvalue weighted by Crippen LogP contribution is 2.34. The number of hydrogen-bond donors (Lipinski definition) is 1. The van der Waals surface area contributed by atoms with Crippen LogP contribution in [0.5, 0.6) is 0 Å². The second kappa shape index (κ2) is 11.2. The number of likely N-dealkylation sites (tertiary alicyclic amines) is 2. The number of hydrogen-bond acceptors (Lipinski definition) is 6. The minimum Gasteiger partial charge on any atom is -0.354 e. The zero-order valence-corrected chi connectivity index (χ0v) is 22.4. The molecule has 4 heterocycles. The Morgan fingerprint density at radius 1 is 0.947 bits per heavy atom. The first-order chi connectivity index (χ1) is 18.3. The molecule has 0 aromatic heterocycles. The van der Waals surface area contributed by atoms with Gasteiger partial charge in [-0.2, -0.15) is 4.31 Å². The van der Waals surface area contributed by atoms with Crippen LogP contribution in [0.4, 0.5) is 0 Å². The first-order valence-electron chi connectivity index (χ1n) is 13.5. The number of benzene rings is 1. The van der Waals surface area contributed by atoms with Crippen molar-refractivity contribution in [2.45, 2.75) is 55.8 Å². The molecule has 0 saturated carbocycles. The lowest BCUT2D eigenvalue weighted by Gasteiger charge is -2.33. The highest BCUT2D eigenvalue weighted by Gasteiger charge is 2.42. The molecule has 0 radical (unpaired) electrons. The fourth-order valence-electron chi connectivity index (χ4n) is 6.06. The fourth-order valence-corrected chi connectivity index (χ4v) is 7.52. The molecule has 4 fully saturated rings. The number of ether oxygens (including phenoxy) is 1. The first-order valence-corrected chi connectivity index (χ1v) is 15.0. The monoisotopic (exact) mass is 544 g/mol. The Morgan fingerprint density at radius 3 is 2.29 bits per heavy atom. The number of rotatable bonds is 6. The quantitative estimate of drug-likeness (QED) is 0.544. The summed E-state index contributed by atoms with van der Waals surface area (Å²) in [6.45, 7) is 6.77. The molecular weight excluding hydrogens is 508 g/mol. The Bertz CT molecular complexity index is 1170. The van der Waals surface area contributed by atoms with E-state index in [1.807, 2.05) is 4.90 Å². The Labute approximate surface area is 224 Å². The smallest absolute Gasteiger partial charge is 0.253 e. The summed E-state index contributed by atoms with van der Waals surface area (Å²) >= 11 is 0. The first kappa shape index (κ1) is 26.8. The van der Waals surface area contributed by atoms with Crippen molar-refractivity contribution >= 4 is 27.7 Å². The van der Waals surface area contributed by atoms with Gasteiger partial charge in [-0.25, -0.2) is 8.42 Å². The van der Waals surface area contributed by atoms with Gasteiger partial charge < -0.3 is 19.9 Å². The number of carbonyl (C=O) groups is 3. The molecule has 38 heavy (non-hydrogen) atoms. The predicted molar refractivity (Wildman–Crippen MR) is 139 cm³/mol. The van der Waals surface area contributed by atoms with E-state index in [1.165, 1.54) is 22.5 Å². The number of fused-ring (bicyclic) bond motifs is 1. The van der Waals surface area contributed by atoms with Gasteiger partial charge in [0.25, 0.3) is 5.91 Å². The molecule has 3 atom stereocenters. The average molecular weight is 545 g/mol. The van der Waals surface area contributed by atoms with Crippen molar-refractivity contribution in [1.82, 2.24) is 19.4 Å². The molecule has 5 rings (SSSR count). The van der Waals surface area contributed by atoms with Gasteiger partial charge in [-0.15, -0.1) is 0 Å². The summed E-state index contributed by atoms with van der Waals surface area (Å²) in [5.74, 6) is -0.0766.